The molecule has 7 nitrogen and oxygen atoms in total. The van der Waals surface area contributed by atoms with Crippen LogP contribution in [0.2, 0.25) is 0 Å². The van der Waals surface area contributed by atoms with Gasteiger partial charge in [-0.15, -0.1) is 0 Å². The standard InChI is InChI=1S/C21H19F2N5O2/c1-11-8-27-9-13(5-15(23)20(27)26-11)12-4-14(22)19-16(6-12)25-10-28(21(19)30)17-2-3-24-7-18(17)29/h4-6,8-10,17-18,24,29H,2-3,7H2,1H3. The van der Waals surface area contributed by atoms with Crippen molar-refractivity contribution in [3.8, 4) is 11.1 Å². The number of nitrogens with one attached hydrogen (secondary N) is 1. The molecule has 5 rings (SSSR count). The number of nitrogens with zero attached hydrogens (tertiary/aromatic N) is 4. The Kier molecular flexibility index (Phi) is 4.37. The monoisotopic (exact) mass is 411 g/mol. The summed E-state index contributed by atoms with van der Waals surface area (Å²) < 4.78 is 32.3. The Morgan fingerprint density at radius 3 is 2.77 bits per heavy atom. The van der Waals surface area contributed by atoms with Gasteiger partial charge >= 0.3 is 0 Å². The van der Waals surface area contributed by atoms with E-state index in [1.54, 1.807) is 29.8 Å². The number of imidazole rings is 1. The minimum atomic E-state index is -0.758. The second kappa shape index (κ2) is 6.96. The molecule has 2 atom stereocenters. The number of hydrogen-bond acceptors (Lipinski definition) is 5. The Morgan fingerprint density at radius 1 is 1.17 bits per heavy atom. The van der Waals surface area contributed by atoms with Crippen LogP contribution >= 0.6 is 0 Å². The third kappa shape index (κ3) is 2.98. The average Bonchev–Trinajstić information content (AvgIpc) is 3.09. The fraction of sp³-hybridized carbons (Fsp3) is 0.286. The van der Waals surface area contributed by atoms with E-state index in [0.717, 1.165) is 0 Å². The normalized spacial score (nSPS) is 19.6. The molecule has 1 aliphatic rings. The summed E-state index contributed by atoms with van der Waals surface area (Å²) in [4.78, 5) is 21.3. The molecule has 0 saturated carbocycles. The fourth-order valence-corrected chi connectivity index (χ4v) is 4.10. The van der Waals surface area contributed by atoms with Gasteiger partial charge in [-0.3, -0.25) is 9.36 Å². The Morgan fingerprint density at radius 2 is 1.97 bits per heavy atom. The van der Waals surface area contributed by atoms with Gasteiger partial charge in [-0.2, -0.15) is 0 Å². The predicted octanol–water partition coefficient (Wildman–Crippen LogP) is 2.19. The van der Waals surface area contributed by atoms with Crippen LogP contribution in [0.3, 0.4) is 0 Å². The Bertz CT molecular complexity index is 1350. The van der Waals surface area contributed by atoms with Crippen LogP contribution in [-0.2, 0) is 0 Å². The summed E-state index contributed by atoms with van der Waals surface area (Å²) in [5.74, 6) is -1.26. The topological polar surface area (TPSA) is 84.5 Å². The summed E-state index contributed by atoms with van der Waals surface area (Å²) in [6, 6.07) is 3.59. The molecule has 3 aromatic heterocycles. The van der Waals surface area contributed by atoms with Gasteiger partial charge < -0.3 is 14.8 Å². The van der Waals surface area contributed by atoms with Crippen molar-refractivity contribution in [2.75, 3.05) is 13.1 Å². The lowest BCUT2D eigenvalue weighted by atomic mass is 10.0. The molecule has 1 aliphatic heterocycles. The van der Waals surface area contributed by atoms with Gasteiger partial charge in [-0.05, 0) is 43.7 Å². The second-order valence-corrected chi connectivity index (χ2v) is 7.63. The smallest absolute Gasteiger partial charge is 0.264 e. The largest absolute Gasteiger partial charge is 0.390 e. The van der Waals surface area contributed by atoms with Gasteiger partial charge in [-0.25, -0.2) is 18.7 Å². The van der Waals surface area contributed by atoms with E-state index in [1.165, 1.54) is 23.0 Å². The van der Waals surface area contributed by atoms with Gasteiger partial charge in [0.1, 0.15) is 11.2 Å². The van der Waals surface area contributed by atoms with Crippen LogP contribution in [-0.4, -0.2) is 43.2 Å². The number of aryl methyl sites for hydroxylation is 1. The zero-order valence-electron chi connectivity index (χ0n) is 16.1. The van der Waals surface area contributed by atoms with Crippen molar-refractivity contribution in [1.82, 2.24) is 24.3 Å². The molecular formula is C21H19F2N5O2. The first-order valence-electron chi connectivity index (χ1n) is 9.67. The van der Waals surface area contributed by atoms with E-state index in [1.807, 2.05) is 0 Å². The third-order valence-corrected chi connectivity index (χ3v) is 5.57. The molecule has 4 heterocycles. The van der Waals surface area contributed by atoms with E-state index >= 15 is 4.39 Å². The first-order chi connectivity index (χ1) is 14.4. The van der Waals surface area contributed by atoms with Crippen LogP contribution in [0.15, 0.2) is 41.7 Å². The molecule has 1 fully saturated rings. The van der Waals surface area contributed by atoms with E-state index in [2.05, 4.69) is 15.3 Å². The number of β-amino-alcohol motifs (C(OH)–C–C–N with tert-alkyl or cyclic N) is 1. The Labute approximate surface area is 169 Å². The van der Waals surface area contributed by atoms with Crippen LogP contribution < -0.4 is 10.9 Å². The molecule has 4 aromatic rings. The predicted molar refractivity (Wildman–Crippen MR) is 107 cm³/mol. The van der Waals surface area contributed by atoms with E-state index in [4.69, 9.17) is 0 Å². The molecule has 154 valence electrons. The molecule has 9 heteroatoms. The van der Waals surface area contributed by atoms with Crippen molar-refractivity contribution >= 4 is 16.6 Å². The minimum Gasteiger partial charge on any atom is -0.390 e. The first-order valence-corrected chi connectivity index (χ1v) is 9.67. The van der Waals surface area contributed by atoms with Gasteiger partial charge in [0.2, 0.25) is 0 Å². The number of halogens is 2. The summed E-state index contributed by atoms with van der Waals surface area (Å²) in [5.41, 5.74) is 1.34. The Balaban J connectivity index is 1.64. The number of benzene rings is 1. The van der Waals surface area contributed by atoms with Crippen LogP contribution in [0.25, 0.3) is 27.7 Å². The SMILES string of the molecule is Cc1cn2cc(-c3cc(F)c4c(=O)n(C5CCNCC5O)cnc4c3)cc(F)c2n1. The minimum absolute atomic E-state index is 0.146. The lowest BCUT2D eigenvalue weighted by molar-refractivity contribution is 0.0852. The summed E-state index contributed by atoms with van der Waals surface area (Å²) in [6.07, 6.45) is 4.46. The zero-order chi connectivity index (χ0) is 21.0. The number of rotatable bonds is 2. The van der Waals surface area contributed by atoms with Gasteiger partial charge in [0.25, 0.3) is 5.56 Å². The molecule has 1 saturated heterocycles. The van der Waals surface area contributed by atoms with Crippen molar-refractivity contribution in [1.29, 1.82) is 0 Å². The van der Waals surface area contributed by atoms with Crippen molar-refractivity contribution in [2.45, 2.75) is 25.5 Å². The molecule has 1 aromatic carbocycles. The van der Waals surface area contributed by atoms with Crippen molar-refractivity contribution in [3.63, 3.8) is 0 Å². The number of fused-ring (bicyclic) bond motifs is 2. The number of aliphatic hydroxyl groups is 1. The van der Waals surface area contributed by atoms with Gasteiger partial charge in [-0.1, -0.05) is 0 Å². The summed E-state index contributed by atoms with van der Waals surface area (Å²) >= 11 is 0. The van der Waals surface area contributed by atoms with E-state index in [-0.39, 0.29) is 16.6 Å². The molecule has 0 aliphatic carbocycles. The summed E-state index contributed by atoms with van der Waals surface area (Å²) in [5, 5.41) is 13.1. The zero-order valence-corrected chi connectivity index (χ0v) is 16.1. The van der Waals surface area contributed by atoms with E-state index < -0.39 is 29.3 Å². The van der Waals surface area contributed by atoms with E-state index in [9.17, 15) is 14.3 Å². The molecule has 0 bridgehead atoms. The van der Waals surface area contributed by atoms with Gasteiger partial charge in [0.05, 0.1) is 29.7 Å². The second-order valence-electron chi connectivity index (χ2n) is 7.63. The maximum absolute atomic E-state index is 15.0. The number of pyridine rings is 1. The van der Waals surface area contributed by atoms with Gasteiger partial charge in [0.15, 0.2) is 11.5 Å². The Hall–Kier alpha value is -3.17. The van der Waals surface area contributed by atoms with Crippen molar-refractivity contribution in [3.05, 3.63) is 64.6 Å². The highest BCUT2D eigenvalue weighted by Gasteiger charge is 2.26. The first kappa shape index (κ1) is 18.8. The number of piperidine rings is 1. The fourth-order valence-electron chi connectivity index (χ4n) is 4.10. The molecule has 0 amide bonds. The highest BCUT2D eigenvalue weighted by Crippen LogP contribution is 2.27. The molecule has 2 N–H and O–H groups in total. The lowest BCUT2D eigenvalue weighted by Gasteiger charge is -2.29. The average molecular weight is 411 g/mol. The van der Waals surface area contributed by atoms with Crippen LogP contribution in [0, 0.1) is 18.6 Å². The number of hydrogen-bond donors (Lipinski definition) is 2. The summed E-state index contributed by atoms with van der Waals surface area (Å²) in [7, 11) is 0. The van der Waals surface area contributed by atoms with Gasteiger partial charge in [0, 0.05) is 24.5 Å². The quantitative estimate of drug-likeness (QED) is 0.528. The molecule has 0 radical (unpaired) electrons. The van der Waals surface area contributed by atoms with Crippen LogP contribution in [0.5, 0.6) is 0 Å². The lowest BCUT2D eigenvalue weighted by Crippen LogP contribution is -2.44. The molecular weight excluding hydrogens is 392 g/mol. The molecule has 30 heavy (non-hydrogen) atoms. The molecule has 2 unspecified atom stereocenters. The third-order valence-electron chi connectivity index (χ3n) is 5.57. The number of aliphatic hydroxyl groups excluding tert-OH is 1. The highest BCUT2D eigenvalue weighted by molar-refractivity contribution is 5.84. The molecule has 0 spiro atoms. The van der Waals surface area contributed by atoms with Crippen molar-refractivity contribution < 1.29 is 13.9 Å². The van der Waals surface area contributed by atoms with Crippen LogP contribution in [0.4, 0.5) is 8.78 Å². The van der Waals surface area contributed by atoms with Crippen LogP contribution in [0.1, 0.15) is 18.2 Å². The maximum Gasteiger partial charge on any atom is 0.264 e. The summed E-state index contributed by atoms with van der Waals surface area (Å²) in [6.45, 7) is 2.77. The van der Waals surface area contributed by atoms with Crippen molar-refractivity contribution in [2.24, 2.45) is 0 Å². The maximum atomic E-state index is 15.0. The number of aromatic nitrogens is 4. The highest BCUT2D eigenvalue weighted by atomic mass is 19.1. The van der Waals surface area contributed by atoms with E-state index in [0.29, 0.717) is 36.3 Å².